The molecule has 0 saturated carbocycles. The Balaban J connectivity index is 1.46. The predicted molar refractivity (Wildman–Crippen MR) is 95.5 cm³/mol. The van der Waals surface area contributed by atoms with E-state index in [1.54, 1.807) is 0 Å². The topological polar surface area (TPSA) is 63.1 Å². The summed E-state index contributed by atoms with van der Waals surface area (Å²) in [5, 5.41) is 12.1. The third-order valence-corrected chi connectivity index (χ3v) is 5.63. The molecule has 0 aliphatic carbocycles. The Bertz CT molecular complexity index is 789. The molecule has 0 radical (unpaired) electrons. The molecule has 6 heteroatoms. The van der Waals surface area contributed by atoms with Crippen molar-refractivity contribution in [3.05, 3.63) is 46.5 Å². The number of benzene rings is 1. The van der Waals surface area contributed by atoms with Crippen LogP contribution in [0.5, 0.6) is 0 Å². The summed E-state index contributed by atoms with van der Waals surface area (Å²) < 4.78 is 2.27. The highest BCUT2D eigenvalue weighted by Crippen LogP contribution is 2.29. The van der Waals surface area contributed by atoms with Crippen molar-refractivity contribution in [2.24, 2.45) is 0 Å². The summed E-state index contributed by atoms with van der Waals surface area (Å²) in [5.74, 6) is 2.71. The highest BCUT2D eigenvalue weighted by atomic mass is 16.2. The number of aryl methyl sites for hydroxylation is 1. The van der Waals surface area contributed by atoms with Crippen LogP contribution in [0.3, 0.4) is 0 Å². The van der Waals surface area contributed by atoms with Crippen LogP contribution in [0, 0.1) is 13.8 Å². The molecular formula is C19H25N5O. The lowest BCUT2D eigenvalue weighted by Gasteiger charge is -2.32. The maximum Gasteiger partial charge on any atom is 0.254 e. The number of rotatable bonds is 2. The van der Waals surface area contributed by atoms with Crippen LogP contribution < -0.4 is 5.32 Å². The van der Waals surface area contributed by atoms with Crippen molar-refractivity contribution in [2.75, 3.05) is 19.6 Å². The van der Waals surface area contributed by atoms with Crippen LogP contribution in [0.25, 0.3) is 0 Å². The molecule has 1 aromatic heterocycles. The molecule has 3 heterocycles. The molecule has 2 aromatic rings. The molecule has 0 bridgehead atoms. The normalized spacial score (nSPS) is 18.2. The Morgan fingerprint density at radius 2 is 1.96 bits per heavy atom. The number of likely N-dealkylation sites (tertiary alicyclic amines) is 1. The molecule has 132 valence electrons. The van der Waals surface area contributed by atoms with Crippen molar-refractivity contribution < 1.29 is 4.79 Å². The zero-order valence-corrected chi connectivity index (χ0v) is 15.0. The average molecular weight is 339 g/mol. The van der Waals surface area contributed by atoms with Gasteiger partial charge in [0.2, 0.25) is 0 Å². The van der Waals surface area contributed by atoms with Gasteiger partial charge in [0.1, 0.15) is 11.6 Å². The van der Waals surface area contributed by atoms with Crippen molar-refractivity contribution >= 4 is 5.91 Å². The second-order valence-electron chi connectivity index (χ2n) is 7.12. The van der Waals surface area contributed by atoms with E-state index in [2.05, 4.69) is 33.1 Å². The van der Waals surface area contributed by atoms with E-state index in [0.717, 1.165) is 68.3 Å². The van der Waals surface area contributed by atoms with Crippen molar-refractivity contribution in [3.8, 4) is 0 Å². The molecule has 6 nitrogen and oxygen atoms in total. The first-order valence-electron chi connectivity index (χ1n) is 9.13. The molecule has 2 aliphatic rings. The van der Waals surface area contributed by atoms with E-state index in [1.807, 2.05) is 24.0 Å². The number of hydrogen-bond donors (Lipinski definition) is 1. The lowest BCUT2D eigenvalue weighted by molar-refractivity contribution is 0.0709. The van der Waals surface area contributed by atoms with E-state index in [4.69, 9.17) is 0 Å². The first-order chi connectivity index (χ1) is 12.1. The van der Waals surface area contributed by atoms with Crippen LogP contribution in [0.15, 0.2) is 18.2 Å². The largest absolute Gasteiger partial charge is 0.339 e. The molecule has 1 aromatic carbocycles. The van der Waals surface area contributed by atoms with Crippen molar-refractivity contribution in [3.63, 3.8) is 0 Å². The van der Waals surface area contributed by atoms with Gasteiger partial charge < -0.3 is 14.8 Å². The minimum atomic E-state index is 0.159. The zero-order chi connectivity index (χ0) is 17.4. The maximum absolute atomic E-state index is 12.9. The molecular weight excluding hydrogens is 314 g/mol. The molecule has 1 saturated heterocycles. The number of fused-ring (bicyclic) bond motifs is 1. The summed E-state index contributed by atoms with van der Waals surface area (Å²) in [6, 6.07) is 5.97. The van der Waals surface area contributed by atoms with Gasteiger partial charge >= 0.3 is 0 Å². The van der Waals surface area contributed by atoms with Gasteiger partial charge in [-0.3, -0.25) is 4.79 Å². The van der Waals surface area contributed by atoms with Crippen LogP contribution in [0.2, 0.25) is 0 Å². The number of hydrogen-bond acceptors (Lipinski definition) is 4. The van der Waals surface area contributed by atoms with Gasteiger partial charge in [0, 0.05) is 37.7 Å². The fraction of sp³-hybridized carbons (Fsp3) is 0.526. The zero-order valence-electron chi connectivity index (χ0n) is 15.0. The highest BCUT2D eigenvalue weighted by molar-refractivity contribution is 5.96. The number of aromatic nitrogens is 3. The molecule has 1 amide bonds. The van der Waals surface area contributed by atoms with E-state index < -0.39 is 0 Å². The number of piperidine rings is 1. The Morgan fingerprint density at radius 1 is 1.16 bits per heavy atom. The van der Waals surface area contributed by atoms with Crippen LogP contribution in [-0.4, -0.2) is 45.2 Å². The van der Waals surface area contributed by atoms with Gasteiger partial charge in [-0.15, -0.1) is 10.2 Å². The summed E-state index contributed by atoms with van der Waals surface area (Å²) in [6.45, 7) is 8.39. The van der Waals surface area contributed by atoms with Crippen LogP contribution in [0.1, 0.15) is 51.9 Å². The summed E-state index contributed by atoms with van der Waals surface area (Å²) in [5.41, 5.74) is 3.10. The minimum Gasteiger partial charge on any atom is -0.339 e. The molecule has 4 rings (SSSR count). The van der Waals surface area contributed by atoms with Gasteiger partial charge in [-0.05, 0) is 43.9 Å². The molecule has 0 unspecified atom stereocenters. The molecule has 0 atom stereocenters. The van der Waals surface area contributed by atoms with E-state index in [0.29, 0.717) is 5.92 Å². The Kier molecular flexibility index (Phi) is 4.29. The third-order valence-electron chi connectivity index (χ3n) is 5.63. The number of amides is 1. The third kappa shape index (κ3) is 2.95. The molecule has 1 fully saturated rings. The number of nitrogens with one attached hydrogen (secondary N) is 1. The van der Waals surface area contributed by atoms with E-state index in [9.17, 15) is 4.79 Å². The fourth-order valence-corrected chi connectivity index (χ4v) is 3.91. The number of carbonyl (C=O) groups excluding carboxylic acids is 1. The second-order valence-corrected chi connectivity index (χ2v) is 7.12. The van der Waals surface area contributed by atoms with Crippen LogP contribution >= 0.6 is 0 Å². The SMILES string of the molecule is Cc1cccc(C(=O)N2CCC(c3nnc4n3CCNC4)CC2)c1C. The Hall–Kier alpha value is -2.21. The smallest absolute Gasteiger partial charge is 0.254 e. The molecule has 25 heavy (non-hydrogen) atoms. The Labute approximate surface area is 148 Å². The summed E-state index contributed by atoms with van der Waals surface area (Å²) in [6.07, 6.45) is 1.92. The monoisotopic (exact) mass is 339 g/mol. The van der Waals surface area contributed by atoms with Gasteiger partial charge in [-0.1, -0.05) is 12.1 Å². The predicted octanol–water partition coefficient (Wildman–Crippen LogP) is 2.02. The minimum absolute atomic E-state index is 0.159. The van der Waals surface area contributed by atoms with Crippen molar-refractivity contribution in [1.29, 1.82) is 0 Å². The molecule has 0 spiro atoms. The van der Waals surface area contributed by atoms with Crippen molar-refractivity contribution in [1.82, 2.24) is 25.0 Å². The van der Waals surface area contributed by atoms with Gasteiger partial charge in [0.15, 0.2) is 0 Å². The second kappa shape index (κ2) is 6.59. The first-order valence-corrected chi connectivity index (χ1v) is 9.13. The lowest BCUT2D eigenvalue weighted by atomic mass is 9.94. The van der Waals surface area contributed by atoms with E-state index in [1.165, 1.54) is 5.56 Å². The van der Waals surface area contributed by atoms with Crippen LogP contribution in [0.4, 0.5) is 0 Å². The summed E-state index contributed by atoms with van der Waals surface area (Å²) >= 11 is 0. The number of carbonyl (C=O) groups is 1. The first kappa shape index (κ1) is 16.3. The lowest BCUT2D eigenvalue weighted by Crippen LogP contribution is -2.39. The van der Waals surface area contributed by atoms with Gasteiger partial charge in [0.05, 0.1) is 6.54 Å². The summed E-state index contributed by atoms with van der Waals surface area (Å²) in [7, 11) is 0. The maximum atomic E-state index is 12.9. The molecule has 1 N–H and O–H groups in total. The van der Waals surface area contributed by atoms with Gasteiger partial charge in [-0.25, -0.2) is 0 Å². The number of nitrogens with zero attached hydrogens (tertiary/aromatic N) is 4. The average Bonchev–Trinajstić information content (AvgIpc) is 3.08. The standard InChI is InChI=1S/C19H25N5O/c1-13-4-3-5-16(14(13)2)19(25)23-9-6-15(7-10-23)18-22-21-17-12-20-8-11-24(17)18/h3-5,15,20H,6-12H2,1-2H3. The Morgan fingerprint density at radius 3 is 2.76 bits per heavy atom. The van der Waals surface area contributed by atoms with E-state index >= 15 is 0 Å². The summed E-state index contributed by atoms with van der Waals surface area (Å²) in [4.78, 5) is 14.9. The van der Waals surface area contributed by atoms with Crippen molar-refractivity contribution in [2.45, 2.75) is 45.7 Å². The quantitative estimate of drug-likeness (QED) is 0.909. The molecule has 2 aliphatic heterocycles. The van der Waals surface area contributed by atoms with Gasteiger partial charge in [0.25, 0.3) is 5.91 Å². The van der Waals surface area contributed by atoms with Crippen LogP contribution in [-0.2, 0) is 13.1 Å². The fourth-order valence-electron chi connectivity index (χ4n) is 3.91. The van der Waals surface area contributed by atoms with Gasteiger partial charge in [-0.2, -0.15) is 0 Å². The van der Waals surface area contributed by atoms with E-state index in [-0.39, 0.29) is 5.91 Å². The highest BCUT2D eigenvalue weighted by Gasteiger charge is 2.29.